The van der Waals surface area contributed by atoms with Crippen LogP contribution in [0.3, 0.4) is 0 Å². The smallest absolute Gasteiger partial charge is 0.244 e. The Kier molecular flexibility index (Phi) is 8.20. The van der Waals surface area contributed by atoms with Crippen LogP contribution in [0.15, 0.2) is 20.0 Å². The molecule has 0 aliphatic carbocycles. The standard InChI is InChI=1S/C12H21BrN2O3S2/c1-3-14-9-10-8-11(12(13)18-10)20(16,17)15-6-4-5-7-19-2/h8,14-15H,3-7,9H2,1-2H3. The molecule has 116 valence electrons. The highest BCUT2D eigenvalue weighted by Crippen LogP contribution is 2.26. The Hall–Kier alpha value is -0.0200. The second kappa shape index (κ2) is 9.09. The summed E-state index contributed by atoms with van der Waals surface area (Å²) in [5, 5.41) is 3.09. The molecule has 1 aromatic rings. The van der Waals surface area contributed by atoms with E-state index in [2.05, 4.69) is 26.0 Å². The zero-order valence-corrected chi connectivity index (χ0v) is 15.0. The van der Waals surface area contributed by atoms with Gasteiger partial charge in [-0.2, -0.15) is 11.8 Å². The van der Waals surface area contributed by atoms with Crippen LogP contribution in [0.1, 0.15) is 25.5 Å². The summed E-state index contributed by atoms with van der Waals surface area (Å²) in [4.78, 5) is 0.162. The van der Waals surface area contributed by atoms with E-state index in [9.17, 15) is 8.42 Å². The van der Waals surface area contributed by atoms with Crippen molar-refractivity contribution in [3.63, 3.8) is 0 Å². The maximum absolute atomic E-state index is 12.1. The highest BCUT2D eigenvalue weighted by atomic mass is 79.9. The maximum atomic E-state index is 12.1. The zero-order valence-electron chi connectivity index (χ0n) is 11.7. The Labute approximate surface area is 133 Å². The molecule has 1 aromatic heterocycles. The molecule has 0 aromatic carbocycles. The summed E-state index contributed by atoms with van der Waals surface area (Å²) in [5.74, 6) is 1.64. The molecule has 0 atom stereocenters. The van der Waals surface area contributed by atoms with Crippen molar-refractivity contribution in [3.8, 4) is 0 Å². The predicted octanol–water partition coefficient (Wildman–Crippen LogP) is 2.57. The molecule has 0 unspecified atom stereocenters. The number of hydrogen-bond acceptors (Lipinski definition) is 5. The summed E-state index contributed by atoms with van der Waals surface area (Å²) >= 11 is 4.92. The topological polar surface area (TPSA) is 71.3 Å². The van der Waals surface area contributed by atoms with Crippen molar-refractivity contribution >= 4 is 37.7 Å². The van der Waals surface area contributed by atoms with Gasteiger partial charge in [-0.25, -0.2) is 13.1 Å². The quantitative estimate of drug-likeness (QED) is 0.606. The molecule has 0 amide bonds. The van der Waals surface area contributed by atoms with Gasteiger partial charge in [0, 0.05) is 12.6 Å². The molecule has 1 rings (SSSR count). The van der Waals surface area contributed by atoms with Crippen molar-refractivity contribution in [2.24, 2.45) is 0 Å². The number of nitrogens with one attached hydrogen (secondary N) is 2. The van der Waals surface area contributed by atoms with E-state index >= 15 is 0 Å². The van der Waals surface area contributed by atoms with Gasteiger partial charge in [-0.15, -0.1) is 0 Å². The second-order valence-electron chi connectivity index (χ2n) is 4.23. The maximum Gasteiger partial charge on any atom is 0.244 e. The van der Waals surface area contributed by atoms with Crippen LogP contribution in [-0.2, 0) is 16.6 Å². The van der Waals surface area contributed by atoms with E-state index in [-0.39, 0.29) is 9.56 Å². The monoisotopic (exact) mass is 384 g/mol. The molecule has 0 spiro atoms. The Morgan fingerprint density at radius 2 is 2.15 bits per heavy atom. The third kappa shape index (κ3) is 5.77. The SMILES string of the molecule is CCNCc1cc(S(=O)(=O)NCCCCSC)c(Br)o1. The summed E-state index contributed by atoms with van der Waals surface area (Å²) in [5.41, 5.74) is 0. The minimum absolute atomic E-state index is 0.162. The molecule has 20 heavy (non-hydrogen) atoms. The molecule has 0 radical (unpaired) electrons. The average molecular weight is 385 g/mol. The van der Waals surface area contributed by atoms with Gasteiger partial charge in [0.2, 0.25) is 10.0 Å². The molecule has 0 saturated heterocycles. The van der Waals surface area contributed by atoms with Crippen molar-refractivity contribution in [2.75, 3.05) is 25.1 Å². The van der Waals surface area contributed by atoms with Crippen LogP contribution in [0.4, 0.5) is 0 Å². The largest absolute Gasteiger partial charge is 0.452 e. The normalized spacial score (nSPS) is 11.9. The molecule has 0 aliphatic rings. The third-order valence-corrected chi connectivity index (χ3v) is 5.63. The van der Waals surface area contributed by atoms with Gasteiger partial charge in [-0.05, 0) is 47.3 Å². The lowest BCUT2D eigenvalue weighted by molar-refractivity contribution is 0.464. The highest BCUT2D eigenvalue weighted by molar-refractivity contribution is 9.10. The number of unbranched alkanes of at least 4 members (excludes halogenated alkanes) is 1. The fourth-order valence-corrected chi connectivity index (χ4v) is 4.13. The number of hydrogen-bond donors (Lipinski definition) is 2. The Balaban J connectivity index is 2.60. The van der Waals surface area contributed by atoms with Crippen molar-refractivity contribution < 1.29 is 12.8 Å². The van der Waals surface area contributed by atoms with Gasteiger partial charge >= 0.3 is 0 Å². The van der Waals surface area contributed by atoms with Crippen molar-refractivity contribution in [3.05, 3.63) is 16.5 Å². The first kappa shape index (κ1) is 18.0. The van der Waals surface area contributed by atoms with Crippen LogP contribution in [0.5, 0.6) is 0 Å². The van der Waals surface area contributed by atoms with Crippen LogP contribution < -0.4 is 10.0 Å². The number of halogens is 1. The van der Waals surface area contributed by atoms with Crippen molar-refractivity contribution in [2.45, 2.75) is 31.2 Å². The average Bonchev–Trinajstić information content (AvgIpc) is 2.78. The summed E-state index contributed by atoms with van der Waals surface area (Å²) < 4.78 is 32.5. The fraction of sp³-hybridized carbons (Fsp3) is 0.667. The predicted molar refractivity (Wildman–Crippen MR) is 86.6 cm³/mol. The van der Waals surface area contributed by atoms with E-state index in [1.165, 1.54) is 0 Å². The molecular weight excluding hydrogens is 364 g/mol. The van der Waals surface area contributed by atoms with Gasteiger partial charge in [-0.1, -0.05) is 6.92 Å². The van der Waals surface area contributed by atoms with Crippen LogP contribution >= 0.6 is 27.7 Å². The van der Waals surface area contributed by atoms with Crippen molar-refractivity contribution in [1.29, 1.82) is 0 Å². The summed E-state index contributed by atoms with van der Waals surface area (Å²) in [6.45, 7) is 3.74. The third-order valence-electron chi connectivity index (χ3n) is 2.61. The van der Waals surface area contributed by atoms with Crippen LogP contribution in [-0.4, -0.2) is 33.5 Å². The number of rotatable bonds is 10. The molecule has 8 heteroatoms. The minimum Gasteiger partial charge on any atom is -0.452 e. The molecule has 1 heterocycles. The first-order valence-electron chi connectivity index (χ1n) is 6.48. The van der Waals surface area contributed by atoms with Gasteiger partial charge in [0.1, 0.15) is 10.7 Å². The highest BCUT2D eigenvalue weighted by Gasteiger charge is 2.21. The fourth-order valence-electron chi connectivity index (χ4n) is 1.57. The molecule has 0 fully saturated rings. The number of furan rings is 1. The number of thioether (sulfide) groups is 1. The Morgan fingerprint density at radius 3 is 2.80 bits per heavy atom. The first-order chi connectivity index (χ1) is 9.51. The molecule has 0 bridgehead atoms. The van der Waals surface area contributed by atoms with Crippen molar-refractivity contribution in [1.82, 2.24) is 10.0 Å². The Morgan fingerprint density at radius 1 is 1.40 bits per heavy atom. The van der Waals surface area contributed by atoms with Gasteiger partial charge in [0.15, 0.2) is 4.67 Å². The zero-order chi connectivity index (χ0) is 15.0. The summed E-state index contributed by atoms with van der Waals surface area (Å²) in [7, 11) is -3.51. The lowest BCUT2D eigenvalue weighted by Crippen LogP contribution is -2.24. The van der Waals surface area contributed by atoms with Gasteiger partial charge < -0.3 is 9.73 Å². The van der Waals surface area contributed by atoms with E-state index in [0.29, 0.717) is 18.8 Å². The van der Waals surface area contributed by atoms with E-state index in [1.807, 2.05) is 13.2 Å². The first-order valence-corrected chi connectivity index (χ1v) is 10.2. The minimum atomic E-state index is -3.51. The van der Waals surface area contributed by atoms with Gasteiger partial charge in [0.25, 0.3) is 0 Å². The van der Waals surface area contributed by atoms with Gasteiger partial charge in [-0.3, -0.25) is 0 Å². The summed E-state index contributed by atoms with van der Waals surface area (Å²) in [6, 6.07) is 1.55. The summed E-state index contributed by atoms with van der Waals surface area (Å²) in [6.07, 6.45) is 3.88. The lowest BCUT2D eigenvalue weighted by atomic mass is 10.3. The Bertz CT molecular complexity index is 503. The number of sulfonamides is 1. The molecule has 0 saturated carbocycles. The molecular formula is C12H21BrN2O3S2. The molecule has 2 N–H and O–H groups in total. The van der Waals surface area contributed by atoms with Crippen LogP contribution in [0.25, 0.3) is 0 Å². The van der Waals surface area contributed by atoms with Gasteiger partial charge in [0.05, 0.1) is 6.54 Å². The van der Waals surface area contributed by atoms with E-state index in [4.69, 9.17) is 4.42 Å². The van der Waals surface area contributed by atoms with E-state index in [1.54, 1.807) is 17.8 Å². The van der Waals surface area contributed by atoms with E-state index < -0.39 is 10.0 Å². The van der Waals surface area contributed by atoms with Crippen LogP contribution in [0, 0.1) is 0 Å². The molecule has 5 nitrogen and oxygen atoms in total. The molecule has 0 aliphatic heterocycles. The lowest BCUT2D eigenvalue weighted by Gasteiger charge is -2.04. The second-order valence-corrected chi connectivity index (χ2v) is 7.67. The van der Waals surface area contributed by atoms with E-state index in [0.717, 1.165) is 25.1 Å². The van der Waals surface area contributed by atoms with Crippen LogP contribution in [0.2, 0.25) is 0 Å².